The quantitative estimate of drug-likeness (QED) is 0.888. The monoisotopic (exact) mass is 316 g/mol. The molecule has 1 aromatic carbocycles. The Morgan fingerprint density at radius 1 is 1.19 bits per heavy atom. The SMILES string of the molecule is CNCc1cc(S(=O)(=O)Nc2ccc(F)c(F)c2)c(C)o1. The van der Waals surface area contributed by atoms with Crippen molar-refractivity contribution >= 4 is 15.7 Å². The van der Waals surface area contributed by atoms with Crippen molar-refractivity contribution in [2.45, 2.75) is 18.4 Å². The van der Waals surface area contributed by atoms with Gasteiger partial charge in [-0.15, -0.1) is 0 Å². The van der Waals surface area contributed by atoms with Crippen LogP contribution in [-0.4, -0.2) is 15.5 Å². The molecule has 0 amide bonds. The zero-order valence-electron chi connectivity index (χ0n) is 11.4. The van der Waals surface area contributed by atoms with Crippen LogP contribution in [0.5, 0.6) is 0 Å². The molecule has 1 aromatic heterocycles. The van der Waals surface area contributed by atoms with Gasteiger partial charge in [-0.25, -0.2) is 17.2 Å². The van der Waals surface area contributed by atoms with Crippen LogP contribution in [0.15, 0.2) is 33.6 Å². The molecule has 5 nitrogen and oxygen atoms in total. The van der Waals surface area contributed by atoms with E-state index in [4.69, 9.17) is 4.42 Å². The Balaban J connectivity index is 2.31. The fourth-order valence-corrected chi connectivity index (χ4v) is 3.08. The van der Waals surface area contributed by atoms with Crippen LogP contribution in [0.3, 0.4) is 0 Å². The van der Waals surface area contributed by atoms with Crippen LogP contribution in [0.1, 0.15) is 11.5 Å². The molecule has 0 saturated carbocycles. The third-order valence-corrected chi connectivity index (χ3v) is 4.22. The Morgan fingerprint density at radius 3 is 2.52 bits per heavy atom. The highest BCUT2D eigenvalue weighted by atomic mass is 32.2. The summed E-state index contributed by atoms with van der Waals surface area (Å²) in [5.74, 6) is -1.50. The summed E-state index contributed by atoms with van der Waals surface area (Å²) in [7, 11) is -2.23. The number of benzene rings is 1. The molecular formula is C13H14F2N2O3S. The number of halogens is 2. The van der Waals surface area contributed by atoms with E-state index in [0.717, 1.165) is 18.2 Å². The van der Waals surface area contributed by atoms with Gasteiger partial charge in [-0.3, -0.25) is 4.72 Å². The average Bonchev–Trinajstić information content (AvgIpc) is 2.76. The number of hydrogen-bond donors (Lipinski definition) is 2. The van der Waals surface area contributed by atoms with Gasteiger partial charge in [0.25, 0.3) is 10.0 Å². The zero-order chi connectivity index (χ0) is 15.6. The highest BCUT2D eigenvalue weighted by Crippen LogP contribution is 2.23. The summed E-state index contributed by atoms with van der Waals surface area (Å²) in [6.07, 6.45) is 0. The van der Waals surface area contributed by atoms with E-state index in [1.54, 1.807) is 7.05 Å². The standard InChI is InChI=1S/C13H14F2N2O3S/c1-8-13(6-10(20-8)7-16-2)21(18,19)17-9-3-4-11(14)12(15)5-9/h3-6,16-17H,7H2,1-2H3. The maximum Gasteiger partial charge on any atom is 0.265 e. The molecule has 0 saturated heterocycles. The van der Waals surface area contributed by atoms with Crippen LogP contribution in [0.25, 0.3) is 0 Å². The van der Waals surface area contributed by atoms with Crippen molar-refractivity contribution in [3.8, 4) is 0 Å². The van der Waals surface area contributed by atoms with Crippen molar-refractivity contribution in [1.29, 1.82) is 0 Å². The second kappa shape index (κ2) is 5.82. The van der Waals surface area contributed by atoms with Gasteiger partial charge in [0.1, 0.15) is 16.4 Å². The van der Waals surface area contributed by atoms with Gasteiger partial charge < -0.3 is 9.73 Å². The number of furan rings is 1. The Bertz CT molecular complexity index is 757. The largest absolute Gasteiger partial charge is 0.464 e. The third kappa shape index (κ3) is 3.40. The predicted octanol–water partition coefficient (Wildman–Crippen LogP) is 2.39. The first-order valence-electron chi connectivity index (χ1n) is 6.05. The minimum atomic E-state index is -3.93. The van der Waals surface area contributed by atoms with Crippen LogP contribution in [0.2, 0.25) is 0 Å². The summed E-state index contributed by atoms with van der Waals surface area (Å²) in [6, 6.07) is 4.15. The highest BCUT2D eigenvalue weighted by molar-refractivity contribution is 7.92. The molecule has 21 heavy (non-hydrogen) atoms. The van der Waals surface area contributed by atoms with Crippen LogP contribution in [0, 0.1) is 18.6 Å². The van der Waals surface area contributed by atoms with Crippen molar-refractivity contribution in [1.82, 2.24) is 5.32 Å². The molecular weight excluding hydrogens is 302 g/mol. The van der Waals surface area contributed by atoms with E-state index in [0.29, 0.717) is 12.3 Å². The molecule has 0 atom stereocenters. The van der Waals surface area contributed by atoms with E-state index in [9.17, 15) is 17.2 Å². The van der Waals surface area contributed by atoms with E-state index in [1.165, 1.54) is 13.0 Å². The Labute approximate surface area is 121 Å². The van der Waals surface area contributed by atoms with Crippen molar-refractivity contribution in [3.63, 3.8) is 0 Å². The molecule has 114 valence electrons. The number of rotatable bonds is 5. The van der Waals surface area contributed by atoms with E-state index >= 15 is 0 Å². The van der Waals surface area contributed by atoms with Gasteiger partial charge in [-0.05, 0) is 26.1 Å². The molecule has 0 radical (unpaired) electrons. The zero-order valence-corrected chi connectivity index (χ0v) is 12.2. The van der Waals surface area contributed by atoms with Crippen molar-refractivity contribution in [2.75, 3.05) is 11.8 Å². The molecule has 0 spiro atoms. The molecule has 2 rings (SSSR count). The summed E-state index contributed by atoms with van der Waals surface area (Å²) in [5, 5.41) is 2.84. The highest BCUT2D eigenvalue weighted by Gasteiger charge is 2.21. The molecule has 0 aliphatic heterocycles. The maximum atomic E-state index is 13.1. The molecule has 1 heterocycles. The van der Waals surface area contributed by atoms with Gasteiger partial charge in [0.15, 0.2) is 11.6 Å². The molecule has 0 unspecified atom stereocenters. The maximum absolute atomic E-state index is 13.1. The van der Waals surface area contributed by atoms with Gasteiger partial charge in [-0.1, -0.05) is 0 Å². The van der Waals surface area contributed by atoms with Crippen LogP contribution < -0.4 is 10.0 Å². The Kier molecular flexibility index (Phi) is 4.29. The fraction of sp³-hybridized carbons (Fsp3) is 0.231. The van der Waals surface area contributed by atoms with Crippen LogP contribution in [0.4, 0.5) is 14.5 Å². The number of nitrogens with one attached hydrogen (secondary N) is 2. The third-order valence-electron chi connectivity index (χ3n) is 2.74. The van der Waals surface area contributed by atoms with Gasteiger partial charge >= 0.3 is 0 Å². The number of sulfonamides is 1. The minimum absolute atomic E-state index is 0.0440. The van der Waals surface area contributed by atoms with Crippen LogP contribution in [-0.2, 0) is 16.6 Å². The molecule has 8 heteroatoms. The van der Waals surface area contributed by atoms with Gasteiger partial charge in [0.05, 0.1) is 12.2 Å². The second-order valence-corrected chi connectivity index (χ2v) is 6.05. The molecule has 0 fully saturated rings. The lowest BCUT2D eigenvalue weighted by molar-refractivity contribution is 0.466. The minimum Gasteiger partial charge on any atom is -0.464 e. The summed E-state index contributed by atoms with van der Waals surface area (Å²) in [5.41, 5.74) is -0.0651. The van der Waals surface area contributed by atoms with Gasteiger partial charge in [-0.2, -0.15) is 0 Å². The molecule has 0 aliphatic rings. The molecule has 0 aliphatic carbocycles. The molecule has 2 N–H and O–H groups in total. The first-order valence-corrected chi connectivity index (χ1v) is 7.53. The predicted molar refractivity (Wildman–Crippen MR) is 73.4 cm³/mol. The van der Waals surface area contributed by atoms with E-state index in [1.807, 2.05) is 0 Å². The summed E-state index contributed by atoms with van der Waals surface area (Å²) < 4.78 is 57.9. The van der Waals surface area contributed by atoms with E-state index < -0.39 is 21.7 Å². The van der Waals surface area contributed by atoms with Crippen molar-refractivity contribution < 1.29 is 21.6 Å². The molecule has 2 aromatic rings. The summed E-state index contributed by atoms with van der Waals surface area (Å²) in [6.45, 7) is 1.89. The first kappa shape index (κ1) is 15.5. The first-order chi connectivity index (χ1) is 9.83. The summed E-state index contributed by atoms with van der Waals surface area (Å²) >= 11 is 0. The average molecular weight is 316 g/mol. The van der Waals surface area contributed by atoms with Crippen molar-refractivity contribution in [3.05, 3.63) is 47.4 Å². The van der Waals surface area contributed by atoms with Crippen molar-refractivity contribution in [2.24, 2.45) is 0 Å². The van der Waals surface area contributed by atoms with Gasteiger partial charge in [0.2, 0.25) is 0 Å². The lowest BCUT2D eigenvalue weighted by Gasteiger charge is -2.07. The number of anilines is 1. The van der Waals surface area contributed by atoms with Gasteiger partial charge in [0, 0.05) is 12.1 Å². The lowest BCUT2D eigenvalue weighted by atomic mass is 10.3. The number of aryl methyl sites for hydroxylation is 1. The second-order valence-electron chi connectivity index (χ2n) is 4.40. The summed E-state index contributed by atoms with van der Waals surface area (Å²) in [4.78, 5) is -0.0440. The fourth-order valence-electron chi connectivity index (χ4n) is 1.82. The normalized spacial score (nSPS) is 11.6. The Hall–Kier alpha value is -1.93. The van der Waals surface area contributed by atoms with E-state index in [-0.39, 0.29) is 16.3 Å². The van der Waals surface area contributed by atoms with E-state index in [2.05, 4.69) is 10.0 Å². The lowest BCUT2D eigenvalue weighted by Crippen LogP contribution is -2.13. The molecule has 0 bridgehead atoms. The Morgan fingerprint density at radius 2 is 1.90 bits per heavy atom. The van der Waals surface area contributed by atoms with Crippen LogP contribution >= 0.6 is 0 Å². The topological polar surface area (TPSA) is 71.3 Å². The number of hydrogen-bond acceptors (Lipinski definition) is 4. The smallest absolute Gasteiger partial charge is 0.265 e.